The van der Waals surface area contributed by atoms with Crippen LogP contribution in [-0.4, -0.2) is 57.3 Å². The molecule has 1 aliphatic heterocycles. The number of nitrogens with zero attached hydrogens (tertiary/aromatic N) is 4. The molecule has 0 aliphatic carbocycles. The van der Waals surface area contributed by atoms with Crippen molar-refractivity contribution < 1.29 is 4.79 Å². The quantitative estimate of drug-likeness (QED) is 0.897. The molecule has 6 nitrogen and oxygen atoms in total. The van der Waals surface area contributed by atoms with E-state index in [2.05, 4.69) is 16.1 Å². The van der Waals surface area contributed by atoms with Crippen molar-refractivity contribution in [3.05, 3.63) is 36.3 Å². The molecule has 0 radical (unpaired) electrons. The molecule has 0 aromatic carbocycles. The van der Waals surface area contributed by atoms with Crippen LogP contribution in [0, 0.1) is 0 Å². The summed E-state index contributed by atoms with van der Waals surface area (Å²) < 4.78 is 2.04. The summed E-state index contributed by atoms with van der Waals surface area (Å²) in [6.45, 7) is 6.18. The second kappa shape index (κ2) is 7.10. The van der Waals surface area contributed by atoms with Gasteiger partial charge in [0.1, 0.15) is 5.65 Å². The van der Waals surface area contributed by atoms with Crippen molar-refractivity contribution in [1.82, 2.24) is 19.2 Å². The largest absolute Gasteiger partial charge is 0.340 e. The number of carbonyl (C=O) groups is 1. The van der Waals surface area contributed by atoms with Gasteiger partial charge in [-0.25, -0.2) is 4.98 Å². The highest BCUT2D eigenvalue weighted by atomic mass is 16.2. The number of imidazole rings is 1. The van der Waals surface area contributed by atoms with Crippen LogP contribution in [0.2, 0.25) is 0 Å². The molecular weight excluding hydrogens is 290 g/mol. The van der Waals surface area contributed by atoms with Gasteiger partial charge in [0, 0.05) is 57.6 Å². The smallest absolute Gasteiger partial charge is 0.222 e. The molecule has 6 heteroatoms. The molecule has 3 rings (SSSR count). The van der Waals surface area contributed by atoms with E-state index in [4.69, 9.17) is 5.73 Å². The molecule has 1 saturated heterocycles. The Labute approximate surface area is 136 Å². The van der Waals surface area contributed by atoms with Gasteiger partial charge in [0.25, 0.3) is 0 Å². The fraction of sp³-hybridized carbons (Fsp3) is 0.529. The minimum atomic E-state index is 0.0929. The van der Waals surface area contributed by atoms with Gasteiger partial charge < -0.3 is 15.0 Å². The highest BCUT2D eigenvalue weighted by Gasteiger charge is 2.21. The van der Waals surface area contributed by atoms with Crippen molar-refractivity contribution in [3.8, 4) is 0 Å². The van der Waals surface area contributed by atoms with Gasteiger partial charge in [0.2, 0.25) is 5.91 Å². The summed E-state index contributed by atoms with van der Waals surface area (Å²) in [7, 11) is 0. The average Bonchev–Trinajstić information content (AvgIpc) is 2.95. The number of nitrogens with two attached hydrogens (primary N) is 1. The minimum Gasteiger partial charge on any atom is -0.340 e. The van der Waals surface area contributed by atoms with Crippen molar-refractivity contribution in [2.75, 3.05) is 26.2 Å². The fourth-order valence-electron chi connectivity index (χ4n) is 2.96. The SMILES string of the molecule is CC(N)CCC(=O)N1CCN(Cc2cn3ccccc3n2)CC1. The van der Waals surface area contributed by atoms with E-state index in [1.807, 2.05) is 40.6 Å². The van der Waals surface area contributed by atoms with Crippen molar-refractivity contribution in [2.24, 2.45) is 5.73 Å². The number of hydrogen-bond donors (Lipinski definition) is 1. The Hall–Kier alpha value is -1.92. The lowest BCUT2D eigenvalue weighted by Gasteiger charge is -2.34. The third-order valence-corrected chi connectivity index (χ3v) is 4.34. The van der Waals surface area contributed by atoms with E-state index in [-0.39, 0.29) is 11.9 Å². The molecule has 2 aromatic heterocycles. The lowest BCUT2D eigenvalue weighted by atomic mass is 10.1. The normalized spacial score (nSPS) is 17.6. The number of rotatable bonds is 5. The van der Waals surface area contributed by atoms with Gasteiger partial charge >= 0.3 is 0 Å². The van der Waals surface area contributed by atoms with E-state index in [1.165, 1.54) is 0 Å². The molecule has 1 unspecified atom stereocenters. The summed E-state index contributed by atoms with van der Waals surface area (Å²) in [5.41, 5.74) is 7.78. The molecule has 23 heavy (non-hydrogen) atoms. The second-order valence-electron chi connectivity index (χ2n) is 6.37. The van der Waals surface area contributed by atoms with Crippen LogP contribution in [0.1, 0.15) is 25.5 Å². The first-order chi connectivity index (χ1) is 11.1. The zero-order chi connectivity index (χ0) is 16.2. The molecule has 124 valence electrons. The third-order valence-electron chi connectivity index (χ3n) is 4.34. The maximum atomic E-state index is 12.1. The Morgan fingerprint density at radius 1 is 1.30 bits per heavy atom. The Morgan fingerprint density at radius 3 is 2.78 bits per heavy atom. The number of aromatic nitrogens is 2. The molecule has 1 atom stereocenters. The van der Waals surface area contributed by atoms with Crippen molar-refractivity contribution in [3.63, 3.8) is 0 Å². The van der Waals surface area contributed by atoms with Gasteiger partial charge in [-0.15, -0.1) is 0 Å². The highest BCUT2D eigenvalue weighted by molar-refractivity contribution is 5.76. The Kier molecular flexibility index (Phi) is 4.93. The number of fused-ring (bicyclic) bond motifs is 1. The second-order valence-corrected chi connectivity index (χ2v) is 6.37. The van der Waals surface area contributed by atoms with Gasteiger partial charge in [-0.05, 0) is 25.5 Å². The van der Waals surface area contributed by atoms with Crippen molar-refractivity contribution in [1.29, 1.82) is 0 Å². The van der Waals surface area contributed by atoms with Gasteiger partial charge in [-0.1, -0.05) is 6.07 Å². The predicted molar refractivity (Wildman–Crippen MR) is 89.9 cm³/mol. The summed E-state index contributed by atoms with van der Waals surface area (Å²) >= 11 is 0. The fourth-order valence-corrected chi connectivity index (χ4v) is 2.96. The summed E-state index contributed by atoms with van der Waals surface area (Å²) in [5.74, 6) is 0.231. The van der Waals surface area contributed by atoms with Crippen LogP contribution in [0.3, 0.4) is 0 Å². The van der Waals surface area contributed by atoms with Crippen LogP contribution >= 0.6 is 0 Å². The lowest BCUT2D eigenvalue weighted by Crippen LogP contribution is -2.48. The number of carbonyl (C=O) groups excluding carboxylic acids is 1. The topological polar surface area (TPSA) is 66.9 Å². The lowest BCUT2D eigenvalue weighted by molar-refractivity contribution is -0.133. The van der Waals surface area contributed by atoms with Gasteiger partial charge in [-0.3, -0.25) is 9.69 Å². The summed E-state index contributed by atoms with van der Waals surface area (Å²) in [5, 5.41) is 0. The predicted octanol–water partition coefficient (Wildman–Crippen LogP) is 1.11. The molecule has 1 amide bonds. The zero-order valence-electron chi connectivity index (χ0n) is 13.7. The molecule has 1 aliphatic rings. The molecule has 3 heterocycles. The molecular formula is C17H25N5O. The molecule has 2 aromatic rings. The van der Waals surface area contributed by atoms with Gasteiger partial charge in [0.05, 0.1) is 5.69 Å². The van der Waals surface area contributed by atoms with E-state index >= 15 is 0 Å². The van der Waals surface area contributed by atoms with E-state index in [0.29, 0.717) is 6.42 Å². The van der Waals surface area contributed by atoms with E-state index in [9.17, 15) is 4.79 Å². The minimum absolute atomic E-state index is 0.0929. The first kappa shape index (κ1) is 16.0. The summed E-state index contributed by atoms with van der Waals surface area (Å²) in [6, 6.07) is 6.11. The number of hydrogen-bond acceptors (Lipinski definition) is 4. The number of amides is 1. The van der Waals surface area contributed by atoms with Crippen LogP contribution in [-0.2, 0) is 11.3 Å². The maximum absolute atomic E-state index is 12.1. The average molecular weight is 315 g/mol. The van der Waals surface area contributed by atoms with Crippen LogP contribution in [0.4, 0.5) is 0 Å². The third kappa shape index (κ3) is 4.09. The number of piperazine rings is 1. The van der Waals surface area contributed by atoms with Crippen molar-refractivity contribution >= 4 is 11.6 Å². The monoisotopic (exact) mass is 315 g/mol. The molecule has 2 N–H and O–H groups in total. The Morgan fingerprint density at radius 2 is 2.09 bits per heavy atom. The van der Waals surface area contributed by atoms with Crippen LogP contribution < -0.4 is 5.73 Å². The first-order valence-corrected chi connectivity index (χ1v) is 8.30. The molecule has 0 spiro atoms. The van der Waals surface area contributed by atoms with Crippen LogP contribution in [0.5, 0.6) is 0 Å². The maximum Gasteiger partial charge on any atom is 0.222 e. The van der Waals surface area contributed by atoms with Crippen LogP contribution in [0.25, 0.3) is 5.65 Å². The van der Waals surface area contributed by atoms with E-state index < -0.39 is 0 Å². The Bertz CT molecular complexity index is 625. The van der Waals surface area contributed by atoms with Crippen molar-refractivity contribution in [2.45, 2.75) is 32.4 Å². The standard InChI is InChI=1S/C17H25N5O/c1-14(18)5-6-17(23)21-10-8-20(9-11-21)12-15-13-22-7-3-2-4-16(22)19-15/h2-4,7,13-14H,5-6,8-12,18H2,1H3. The van der Waals surface area contributed by atoms with E-state index in [1.54, 1.807) is 0 Å². The summed E-state index contributed by atoms with van der Waals surface area (Å²) in [4.78, 5) is 21.1. The Balaban J connectivity index is 1.50. The first-order valence-electron chi connectivity index (χ1n) is 8.30. The zero-order valence-corrected chi connectivity index (χ0v) is 13.7. The van der Waals surface area contributed by atoms with Gasteiger partial charge in [-0.2, -0.15) is 0 Å². The molecule has 0 bridgehead atoms. The van der Waals surface area contributed by atoms with Crippen LogP contribution in [0.15, 0.2) is 30.6 Å². The van der Waals surface area contributed by atoms with E-state index in [0.717, 1.165) is 50.5 Å². The van der Waals surface area contributed by atoms with Gasteiger partial charge in [0.15, 0.2) is 0 Å². The molecule has 0 saturated carbocycles. The number of pyridine rings is 1. The molecule has 1 fully saturated rings. The summed E-state index contributed by atoms with van der Waals surface area (Å²) in [6.07, 6.45) is 5.42. The highest BCUT2D eigenvalue weighted by Crippen LogP contribution is 2.11.